The molecule has 1 aromatic carbocycles. The Morgan fingerprint density at radius 2 is 2.00 bits per heavy atom. The Balaban J connectivity index is 2.94. The van der Waals surface area contributed by atoms with Crippen LogP contribution in [0.1, 0.15) is 5.56 Å². The fourth-order valence-corrected chi connectivity index (χ4v) is 0.806. The van der Waals surface area contributed by atoms with E-state index < -0.39 is 0 Å². The third-order valence-electron chi connectivity index (χ3n) is 1.35. The first-order valence-corrected chi connectivity index (χ1v) is 3.31. The summed E-state index contributed by atoms with van der Waals surface area (Å²) in [6.45, 7) is 0. The lowest BCUT2D eigenvalue weighted by molar-refractivity contribution is -0.104. The van der Waals surface area contributed by atoms with E-state index in [1.807, 2.05) is 18.2 Å². The molecule has 0 saturated heterocycles. The number of carbonyl (C=O) groups excluding carboxylic acids is 1. The number of benzene rings is 1. The highest BCUT2D eigenvalue weighted by Gasteiger charge is 1.89. The maximum atomic E-state index is 9.96. The summed E-state index contributed by atoms with van der Waals surface area (Å²) in [6.07, 6.45) is 3.83. The number of allylic oxidation sites excluding steroid dienone is 1. The molecule has 56 valence electrons. The molecule has 0 unspecified atom stereocenters. The van der Waals surface area contributed by atoms with Crippen LogP contribution in [0.2, 0.25) is 0 Å². The summed E-state index contributed by atoms with van der Waals surface area (Å²) >= 11 is 0. The molecule has 2 N–H and O–H groups in total. The van der Waals surface area contributed by atoms with Crippen molar-refractivity contribution in [1.29, 1.82) is 0 Å². The summed E-state index contributed by atoms with van der Waals surface area (Å²) in [5.41, 5.74) is 7.15. The van der Waals surface area contributed by atoms with Crippen molar-refractivity contribution in [2.45, 2.75) is 0 Å². The average Bonchev–Trinajstić information content (AvgIpc) is 2.03. The van der Waals surface area contributed by atoms with E-state index in [0.717, 1.165) is 11.8 Å². The topological polar surface area (TPSA) is 43.1 Å². The summed E-state index contributed by atoms with van der Waals surface area (Å²) in [5.74, 6) is 0. The number of aldehydes is 1. The lowest BCUT2D eigenvalue weighted by Gasteiger charge is -1.96. The van der Waals surface area contributed by atoms with E-state index in [1.54, 1.807) is 12.1 Å². The molecule has 0 fully saturated rings. The first kappa shape index (κ1) is 7.54. The number of hydrogen-bond donors (Lipinski definition) is 1. The summed E-state index contributed by atoms with van der Waals surface area (Å²) < 4.78 is 0. The monoisotopic (exact) mass is 147 g/mol. The van der Waals surface area contributed by atoms with Gasteiger partial charge < -0.3 is 5.73 Å². The summed E-state index contributed by atoms with van der Waals surface area (Å²) in [5, 5.41) is 0. The molecule has 1 aromatic rings. The van der Waals surface area contributed by atoms with Gasteiger partial charge in [-0.2, -0.15) is 0 Å². The SMILES string of the molecule is Nc1ccccc1C=CC=O. The van der Waals surface area contributed by atoms with Crippen molar-refractivity contribution in [2.75, 3.05) is 5.73 Å². The fourth-order valence-electron chi connectivity index (χ4n) is 0.806. The van der Waals surface area contributed by atoms with Crippen molar-refractivity contribution in [3.8, 4) is 0 Å². The second kappa shape index (κ2) is 3.56. The fraction of sp³-hybridized carbons (Fsp3) is 0. The molecule has 0 heterocycles. The van der Waals surface area contributed by atoms with Gasteiger partial charge in [-0.15, -0.1) is 0 Å². The van der Waals surface area contributed by atoms with E-state index in [-0.39, 0.29) is 0 Å². The van der Waals surface area contributed by atoms with Crippen molar-refractivity contribution in [3.05, 3.63) is 35.9 Å². The Morgan fingerprint density at radius 1 is 1.27 bits per heavy atom. The zero-order valence-electron chi connectivity index (χ0n) is 6.03. The number of nitrogen functional groups attached to an aromatic ring is 1. The van der Waals surface area contributed by atoms with Crippen LogP contribution in [0.4, 0.5) is 5.69 Å². The Morgan fingerprint density at radius 3 is 2.64 bits per heavy atom. The molecule has 0 spiro atoms. The van der Waals surface area contributed by atoms with Crippen molar-refractivity contribution >= 4 is 18.0 Å². The molecule has 0 aromatic heterocycles. The molecule has 0 aliphatic heterocycles. The third-order valence-corrected chi connectivity index (χ3v) is 1.35. The standard InChI is InChI=1S/C9H9NO/c10-9-6-2-1-4-8(9)5-3-7-11/h1-7H,10H2. The molecule has 0 amide bonds. The lowest BCUT2D eigenvalue weighted by atomic mass is 10.2. The molecule has 0 atom stereocenters. The number of hydrogen-bond acceptors (Lipinski definition) is 2. The van der Waals surface area contributed by atoms with Gasteiger partial charge in [0.05, 0.1) is 0 Å². The van der Waals surface area contributed by atoms with Crippen LogP contribution in [-0.4, -0.2) is 6.29 Å². The molecule has 1 rings (SSSR count). The molecule has 0 aliphatic carbocycles. The Bertz CT molecular complexity index is 279. The van der Waals surface area contributed by atoms with Gasteiger partial charge in [0.2, 0.25) is 0 Å². The number of nitrogens with two attached hydrogens (primary N) is 1. The summed E-state index contributed by atoms with van der Waals surface area (Å²) in [4.78, 5) is 9.96. The Labute approximate surface area is 65.3 Å². The molecule has 0 radical (unpaired) electrons. The first-order chi connectivity index (χ1) is 5.34. The predicted molar refractivity (Wildman–Crippen MR) is 46.0 cm³/mol. The normalized spacial score (nSPS) is 10.2. The molecule has 0 aliphatic rings. The largest absolute Gasteiger partial charge is 0.398 e. The minimum Gasteiger partial charge on any atom is -0.398 e. The highest BCUT2D eigenvalue weighted by molar-refractivity contribution is 5.77. The van der Waals surface area contributed by atoms with Crippen molar-refractivity contribution in [3.63, 3.8) is 0 Å². The number of carbonyl (C=O) groups is 1. The quantitative estimate of drug-likeness (QED) is 0.391. The van der Waals surface area contributed by atoms with Gasteiger partial charge in [0, 0.05) is 5.69 Å². The van der Waals surface area contributed by atoms with Gasteiger partial charge in [-0.1, -0.05) is 18.2 Å². The van der Waals surface area contributed by atoms with Crippen LogP contribution in [-0.2, 0) is 4.79 Å². The second-order valence-corrected chi connectivity index (χ2v) is 2.12. The smallest absolute Gasteiger partial charge is 0.142 e. The van der Waals surface area contributed by atoms with Crippen LogP contribution in [0.25, 0.3) is 6.08 Å². The second-order valence-electron chi connectivity index (χ2n) is 2.12. The van der Waals surface area contributed by atoms with Gasteiger partial charge in [-0.3, -0.25) is 4.79 Å². The molecular weight excluding hydrogens is 138 g/mol. The Kier molecular flexibility index (Phi) is 2.44. The van der Waals surface area contributed by atoms with Crippen LogP contribution >= 0.6 is 0 Å². The van der Waals surface area contributed by atoms with Crippen LogP contribution in [0, 0.1) is 0 Å². The molecule has 2 nitrogen and oxygen atoms in total. The van der Waals surface area contributed by atoms with Gasteiger partial charge in [-0.05, 0) is 23.8 Å². The van der Waals surface area contributed by atoms with Gasteiger partial charge >= 0.3 is 0 Å². The summed E-state index contributed by atoms with van der Waals surface area (Å²) in [6, 6.07) is 7.38. The van der Waals surface area contributed by atoms with E-state index in [2.05, 4.69) is 0 Å². The average molecular weight is 147 g/mol. The van der Waals surface area contributed by atoms with Gasteiger partial charge in [0.1, 0.15) is 6.29 Å². The highest BCUT2D eigenvalue weighted by atomic mass is 16.1. The number of para-hydroxylation sites is 1. The van der Waals surface area contributed by atoms with Gasteiger partial charge in [0.25, 0.3) is 0 Å². The van der Waals surface area contributed by atoms with Crippen molar-refractivity contribution in [1.82, 2.24) is 0 Å². The van der Waals surface area contributed by atoms with Gasteiger partial charge in [-0.25, -0.2) is 0 Å². The highest BCUT2D eigenvalue weighted by Crippen LogP contribution is 2.11. The van der Waals surface area contributed by atoms with Crippen LogP contribution in [0.5, 0.6) is 0 Å². The van der Waals surface area contributed by atoms with Crippen LogP contribution in [0.3, 0.4) is 0 Å². The van der Waals surface area contributed by atoms with Crippen molar-refractivity contribution < 1.29 is 4.79 Å². The van der Waals surface area contributed by atoms with E-state index in [4.69, 9.17) is 5.73 Å². The van der Waals surface area contributed by atoms with Crippen molar-refractivity contribution in [2.24, 2.45) is 0 Å². The predicted octanol–water partition coefficient (Wildman–Crippen LogP) is 1.48. The zero-order chi connectivity index (χ0) is 8.10. The maximum absolute atomic E-state index is 9.96. The first-order valence-electron chi connectivity index (χ1n) is 3.31. The van der Waals surface area contributed by atoms with Gasteiger partial charge in [0.15, 0.2) is 0 Å². The van der Waals surface area contributed by atoms with E-state index in [1.165, 1.54) is 6.08 Å². The third kappa shape index (κ3) is 1.93. The number of anilines is 1. The van der Waals surface area contributed by atoms with E-state index in [0.29, 0.717) is 5.69 Å². The number of rotatable bonds is 2. The molecule has 0 bridgehead atoms. The van der Waals surface area contributed by atoms with E-state index >= 15 is 0 Å². The van der Waals surface area contributed by atoms with Crippen LogP contribution < -0.4 is 5.73 Å². The van der Waals surface area contributed by atoms with E-state index in [9.17, 15) is 4.79 Å². The zero-order valence-corrected chi connectivity index (χ0v) is 6.03. The Hall–Kier alpha value is -1.57. The summed E-state index contributed by atoms with van der Waals surface area (Å²) in [7, 11) is 0. The maximum Gasteiger partial charge on any atom is 0.142 e. The molecule has 11 heavy (non-hydrogen) atoms. The minimum atomic E-state index is 0.686. The minimum absolute atomic E-state index is 0.686. The molecule has 2 heteroatoms. The lowest BCUT2D eigenvalue weighted by Crippen LogP contribution is -1.87. The molecule has 0 saturated carbocycles. The molecular formula is C9H9NO. The van der Waals surface area contributed by atoms with Crippen LogP contribution in [0.15, 0.2) is 30.3 Å².